The first-order chi connectivity index (χ1) is 9.19. The second kappa shape index (κ2) is 8.94. The molecular formula is C16H27NO2. The van der Waals surface area contributed by atoms with Crippen LogP contribution in [0.5, 0.6) is 5.75 Å². The van der Waals surface area contributed by atoms with E-state index in [4.69, 9.17) is 4.74 Å². The molecule has 0 radical (unpaired) electrons. The van der Waals surface area contributed by atoms with Crippen LogP contribution in [0, 0.1) is 6.92 Å². The number of aliphatic hydroxyl groups is 1. The lowest BCUT2D eigenvalue weighted by atomic mass is 10.1. The van der Waals surface area contributed by atoms with E-state index in [1.165, 1.54) is 25.7 Å². The van der Waals surface area contributed by atoms with Crippen LogP contribution >= 0.6 is 0 Å². The van der Waals surface area contributed by atoms with Gasteiger partial charge in [-0.25, -0.2) is 0 Å². The lowest BCUT2D eigenvalue weighted by Crippen LogP contribution is -2.22. The van der Waals surface area contributed by atoms with Gasteiger partial charge in [0.25, 0.3) is 0 Å². The summed E-state index contributed by atoms with van der Waals surface area (Å²) >= 11 is 0. The molecule has 1 atom stereocenters. The highest BCUT2D eigenvalue weighted by atomic mass is 16.5. The van der Waals surface area contributed by atoms with Crippen LogP contribution in [0.2, 0.25) is 0 Å². The molecule has 108 valence electrons. The van der Waals surface area contributed by atoms with E-state index in [2.05, 4.69) is 12.2 Å². The van der Waals surface area contributed by atoms with Crippen molar-refractivity contribution in [2.75, 3.05) is 20.2 Å². The van der Waals surface area contributed by atoms with Gasteiger partial charge in [-0.3, -0.25) is 0 Å². The number of unbranched alkanes of at least 4 members (excludes halogenated alkanes) is 3. The highest BCUT2D eigenvalue weighted by Gasteiger charge is 2.08. The maximum Gasteiger partial charge on any atom is 0.121 e. The number of rotatable bonds is 9. The van der Waals surface area contributed by atoms with Crippen molar-refractivity contribution in [1.29, 1.82) is 0 Å². The summed E-state index contributed by atoms with van der Waals surface area (Å²) in [6.07, 6.45) is 4.55. The Morgan fingerprint density at radius 1 is 1.26 bits per heavy atom. The molecule has 2 N–H and O–H groups in total. The van der Waals surface area contributed by atoms with Gasteiger partial charge in [0, 0.05) is 6.54 Å². The predicted octanol–water partition coefficient (Wildman–Crippen LogP) is 3.21. The molecule has 1 unspecified atom stereocenters. The fourth-order valence-corrected chi connectivity index (χ4v) is 2.14. The Labute approximate surface area is 117 Å². The summed E-state index contributed by atoms with van der Waals surface area (Å²) < 4.78 is 5.22. The third-order valence-electron chi connectivity index (χ3n) is 3.35. The minimum atomic E-state index is -0.448. The summed E-state index contributed by atoms with van der Waals surface area (Å²) in [7, 11) is 1.66. The molecule has 1 aromatic carbocycles. The van der Waals surface area contributed by atoms with E-state index in [0.29, 0.717) is 6.54 Å². The smallest absolute Gasteiger partial charge is 0.121 e. The SMILES string of the molecule is CCCCCCNCC(O)c1ccc(OC)c(C)c1. The molecule has 0 bridgehead atoms. The Bertz CT molecular complexity index is 366. The van der Waals surface area contributed by atoms with E-state index >= 15 is 0 Å². The molecule has 0 fully saturated rings. The zero-order valence-electron chi connectivity index (χ0n) is 12.4. The van der Waals surface area contributed by atoms with Crippen molar-refractivity contribution in [2.24, 2.45) is 0 Å². The number of aliphatic hydroxyl groups excluding tert-OH is 1. The second-order valence-corrected chi connectivity index (χ2v) is 5.01. The Kier molecular flexibility index (Phi) is 7.53. The average Bonchev–Trinajstić information content (AvgIpc) is 2.42. The Morgan fingerprint density at radius 3 is 2.68 bits per heavy atom. The molecule has 19 heavy (non-hydrogen) atoms. The molecule has 0 aliphatic heterocycles. The van der Waals surface area contributed by atoms with Gasteiger partial charge in [0.05, 0.1) is 13.2 Å². The Balaban J connectivity index is 2.33. The van der Waals surface area contributed by atoms with Crippen molar-refractivity contribution >= 4 is 0 Å². The molecule has 0 saturated heterocycles. The van der Waals surface area contributed by atoms with Crippen LogP contribution in [-0.2, 0) is 0 Å². The minimum Gasteiger partial charge on any atom is -0.496 e. The molecule has 1 rings (SSSR count). The minimum absolute atomic E-state index is 0.448. The number of benzene rings is 1. The molecule has 3 nitrogen and oxygen atoms in total. The van der Waals surface area contributed by atoms with Gasteiger partial charge in [0.2, 0.25) is 0 Å². The lowest BCUT2D eigenvalue weighted by Gasteiger charge is -2.14. The molecular weight excluding hydrogens is 238 g/mol. The number of nitrogens with one attached hydrogen (secondary N) is 1. The third-order valence-corrected chi connectivity index (χ3v) is 3.35. The first-order valence-electron chi connectivity index (χ1n) is 7.22. The van der Waals surface area contributed by atoms with Crippen molar-refractivity contribution in [1.82, 2.24) is 5.32 Å². The number of aryl methyl sites for hydroxylation is 1. The summed E-state index contributed by atoms with van der Waals surface area (Å²) in [6, 6.07) is 5.83. The maximum atomic E-state index is 10.1. The Hall–Kier alpha value is -1.06. The van der Waals surface area contributed by atoms with Crippen molar-refractivity contribution in [3.63, 3.8) is 0 Å². The number of hydrogen-bond donors (Lipinski definition) is 2. The van der Waals surface area contributed by atoms with E-state index in [-0.39, 0.29) is 0 Å². The van der Waals surface area contributed by atoms with Gasteiger partial charge in [0.15, 0.2) is 0 Å². The molecule has 0 aliphatic rings. The monoisotopic (exact) mass is 265 g/mol. The van der Waals surface area contributed by atoms with Gasteiger partial charge in [-0.1, -0.05) is 32.3 Å². The van der Waals surface area contributed by atoms with Crippen LogP contribution in [0.15, 0.2) is 18.2 Å². The van der Waals surface area contributed by atoms with Gasteiger partial charge in [-0.2, -0.15) is 0 Å². The van der Waals surface area contributed by atoms with Gasteiger partial charge in [0.1, 0.15) is 5.75 Å². The quantitative estimate of drug-likeness (QED) is 0.674. The summed E-state index contributed by atoms with van der Waals surface area (Å²) in [5.74, 6) is 0.864. The topological polar surface area (TPSA) is 41.5 Å². The van der Waals surface area contributed by atoms with E-state index < -0.39 is 6.10 Å². The van der Waals surface area contributed by atoms with Crippen LogP contribution in [0.25, 0.3) is 0 Å². The second-order valence-electron chi connectivity index (χ2n) is 5.01. The van der Waals surface area contributed by atoms with Crippen molar-refractivity contribution in [2.45, 2.75) is 45.6 Å². The normalized spacial score (nSPS) is 12.4. The van der Waals surface area contributed by atoms with Gasteiger partial charge >= 0.3 is 0 Å². The van der Waals surface area contributed by atoms with E-state index in [0.717, 1.165) is 23.4 Å². The fraction of sp³-hybridized carbons (Fsp3) is 0.625. The number of ether oxygens (including phenoxy) is 1. The highest BCUT2D eigenvalue weighted by molar-refractivity contribution is 5.37. The molecule has 0 aliphatic carbocycles. The first kappa shape index (κ1) is 16.0. The van der Waals surface area contributed by atoms with E-state index in [1.807, 2.05) is 25.1 Å². The first-order valence-corrected chi connectivity index (χ1v) is 7.22. The molecule has 1 aromatic rings. The molecule has 0 heterocycles. The largest absolute Gasteiger partial charge is 0.496 e. The van der Waals surface area contributed by atoms with E-state index in [9.17, 15) is 5.11 Å². The summed E-state index contributed by atoms with van der Waals surface area (Å²) in [5, 5.41) is 13.4. The number of methoxy groups -OCH3 is 1. The average molecular weight is 265 g/mol. The predicted molar refractivity (Wildman–Crippen MR) is 79.7 cm³/mol. The maximum absolute atomic E-state index is 10.1. The molecule has 3 heteroatoms. The van der Waals surface area contributed by atoms with Crippen LogP contribution in [0.3, 0.4) is 0 Å². The summed E-state index contributed by atoms with van der Waals surface area (Å²) in [6.45, 7) is 5.79. The van der Waals surface area contributed by atoms with Crippen molar-refractivity contribution < 1.29 is 9.84 Å². The van der Waals surface area contributed by atoms with Crippen LogP contribution in [0.4, 0.5) is 0 Å². The van der Waals surface area contributed by atoms with Gasteiger partial charge < -0.3 is 15.2 Å². The van der Waals surface area contributed by atoms with Gasteiger partial charge in [-0.05, 0) is 43.1 Å². The molecule has 0 spiro atoms. The lowest BCUT2D eigenvalue weighted by molar-refractivity contribution is 0.174. The van der Waals surface area contributed by atoms with Crippen molar-refractivity contribution in [3.05, 3.63) is 29.3 Å². The van der Waals surface area contributed by atoms with Crippen LogP contribution < -0.4 is 10.1 Å². The van der Waals surface area contributed by atoms with E-state index in [1.54, 1.807) is 7.11 Å². The standard InChI is InChI=1S/C16H27NO2/c1-4-5-6-7-10-17-12-15(18)14-8-9-16(19-3)13(2)11-14/h8-9,11,15,17-18H,4-7,10,12H2,1-3H3. The summed E-state index contributed by atoms with van der Waals surface area (Å²) in [5.41, 5.74) is 2.00. The third kappa shape index (κ3) is 5.62. The highest BCUT2D eigenvalue weighted by Crippen LogP contribution is 2.22. The fourth-order valence-electron chi connectivity index (χ4n) is 2.14. The molecule has 0 aromatic heterocycles. The zero-order chi connectivity index (χ0) is 14.1. The summed E-state index contributed by atoms with van der Waals surface area (Å²) in [4.78, 5) is 0. The molecule has 0 amide bonds. The zero-order valence-corrected chi connectivity index (χ0v) is 12.4. The number of hydrogen-bond acceptors (Lipinski definition) is 3. The van der Waals surface area contributed by atoms with Crippen molar-refractivity contribution in [3.8, 4) is 5.75 Å². The van der Waals surface area contributed by atoms with Crippen LogP contribution in [0.1, 0.15) is 49.8 Å². The Morgan fingerprint density at radius 2 is 2.05 bits per heavy atom. The molecule has 0 saturated carbocycles. The van der Waals surface area contributed by atoms with Crippen LogP contribution in [-0.4, -0.2) is 25.3 Å². The van der Waals surface area contributed by atoms with Gasteiger partial charge in [-0.15, -0.1) is 0 Å².